The number of benzene rings is 1. The van der Waals surface area contributed by atoms with E-state index in [4.69, 9.17) is 10.5 Å². The molecule has 0 amide bonds. The van der Waals surface area contributed by atoms with Gasteiger partial charge in [0.2, 0.25) is 0 Å². The maximum atomic E-state index is 13.3. The summed E-state index contributed by atoms with van der Waals surface area (Å²) in [5.41, 5.74) is 6.96. The van der Waals surface area contributed by atoms with Crippen molar-refractivity contribution in [1.29, 1.82) is 0 Å². The molecule has 0 fully saturated rings. The second-order valence-corrected chi connectivity index (χ2v) is 4.77. The zero-order chi connectivity index (χ0) is 12.3. The van der Waals surface area contributed by atoms with Crippen molar-refractivity contribution in [1.82, 2.24) is 0 Å². The van der Waals surface area contributed by atoms with E-state index in [1.807, 2.05) is 0 Å². The monoisotopic (exact) mass is 289 g/mol. The fraction of sp³-hybridized carbons (Fsp3) is 0.500. The predicted octanol–water partition coefficient (Wildman–Crippen LogP) is 3.64. The van der Waals surface area contributed by atoms with Crippen LogP contribution >= 0.6 is 15.9 Å². The van der Waals surface area contributed by atoms with Crippen molar-refractivity contribution >= 4 is 15.9 Å². The summed E-state index contributed by atoms with van der Waals surface area (Å²) in [5.74, 6) is 0.497. The van der Waals surface area contributed by atoms with Gasteiger partial charge >= 0.3 is 0 Å². The molecular weight excluding hydrogens is 273 g/mol. The van der Waals surface area contributed by atoms with Gasteiger partial charge < -0.3 is 10.5 Å². The van der Waals surface area contributed by atoms with Crippen molar-refractivity contribution in [3.8, 4) is 5.75 Å². The van der Waals surface area contributed by atoms with Gasteiger partial charge in [0.15, 0.2) is 0 Å². The van der Waals surface area contributed by atoms with Crippen molar-refractivity contribution in [2.24, 2.45) is 11.7 Å². The molecule has 0 aliphatic carbocycles. The smallest absolute Gasteiger partial charge is 0.141 e. The van der Waals surface area contributed by atoms with Crippen molar-refractivity contribution in [2.75, 3.05) is 7.11 Å². The van der Waals surface area contributed by atoms with E-state index in [-0.39, 0.29) is 11.9 Å². The summed E-state index contributed by atoms with van der Waals surface area (Å²) in [5, 5.41) is 0. The molecule has 0 saturated heterocycles. The molecule has 0 spiro atoms. The minimum absolute atomic E-state index is 0.142. The highest BCUT2D eigenvalue weighted by Crippen LogP contribution is 2.33. The van der Waals surface area contributed by atoms with E-state index in [1.54, 1.807) is 6.07 Å². The van der Waals surface area contributed by atoms with Gasteiger partial charge in [0, 0.05) is 17.7 Å². The van der Waals surface area contributed by atoms with E-state index in [1.165, 1.54) is 13.2 Å². The highest BCUT2D eigenvalue weighted by molar-refractivity contribution is 9.10. The van der Waals surface area contributed by atoms with Crippen molar-refractivity contribution in [3.05, 3.63) is 28.0 Å². The Kier molecular flexibility index (Phi) is 4.74. The van der Waals surface area contributed by atoms with Gasteiger partial charge in [-0.05, 0) is 27.9 Å². The van der Waals surface area contributed by atoms with Crippen LogP contribution in [0.3, 0.4) is 0 Å². The second kappa shape index (κ2) is 5.64. The number of halogens is 2. The summed E-state index contributed by atoms with van der Waals surface area (Å²) in [7, 11) is 1.52. The Morgan fingerprint density at radius 3 is 2.62 bits per heavy atom. The molecule has 1 aromatic rings. The van der Waals surface area contributed by atoms with Gasteiger partial charge in [-0.3, -0.25) is 0 Å². The molecule has 4 heteroatoms. The SMILES string of the molecule is CCC(C)C(N)c1cc(Br)c(F)cc1OC. The maximum Gasteiger partial charge on any atom is 0.141 e. The number of hydrogen-bond acceptors (Lipinski definition) is 2. The molecule has 90 valence electrons. The molecular formula is C12H17BrFNO. The summed E-state index contributed by atoms with van der Waals surface area (Å²) in [6.07, 6.45) is 0.972. The number of methoxy groups -OCH3 is 1. The first-order valence-electron chi connectivity index (χ1n) is 5.29. The van der Waals surface area contributed by atoms with Crippen LogP contribution in [0.15, 0.2) is 16.6 Å². The van der Waals surface area contributed by atoms with Gasteiger partial charge in [-0.2, -0.15) is 0 Å². The van der Waals surface area contributed by atoms with E-state index in [0.717, 1.165) is 12.0 Å². The predicted molar refractivity (Wildman–Crippen MR) is 67.0 cm³/mol. The lowest BCUT2D eigenvalue weighted by Gasteiger charge is -2.21. The van der Waals surface area contributed by atoms with Crippen LogP contribution in [0.25, 0.3) is 0 Å². The molecule has 0 bridgehead atoms. The van der Waals surface area contributed by atoms with Crippen LogP contribution in [0, 0.1) is 11.7 Å². The Morgan fingerprint density at radius 2 is 2.12 bits per heavy atom. The van der Waals surface area contributed by atoms with Crippen molar-refractivity contribution in [3.63, 3.8) is 0 Å². The maximum absolute atomic E-state index is 13.3. The third kappa shape index (κ3) is 2.74. The van der Waals surface area contributed by atoms with Crippen LogP contribution in [0.2, 0.25) is 0 Å². The average molecular weight is 290 g/mol. The van der Waals surface area contributed by atoms with E-state index in [9.17, 15) is 4.39 Å². The zero-order valence-electron chi connectivity index (χ0n) is 9.76. The van der Waals surface area contributed by atoms with Crippen LogP contribution < -0.4 is 10.5 Å². The number of ether oxygens (including phenoxy) is 1. The van der Waals surface area contributed by atoms with Crippen LogP contribution in [0.5, 0.6) is 5.75 Å². The van der Waals surface area contributed by atoms with Crippen molar-refractivity contribution in [2.45, 2.75) is 26.3 Å². The topological polar surface area (TPSA) is 35.2 Å². The quantitative estimate of drug-likeness (QED) is 0.918. The summed E-state index contributed by atoms with van der Waals surface area (Å²) in [6, 6.07) is 2.92. The number of hydrogen-bond donors (Lipinski definition) is 1. The summed E-state index contributed by atoms with van der Waals surface area (Å²) in [6.45, 7) is 4.15. The minimum Gasteiger partial charge on any atom is -0.496 e. The highest BCUT2D eigenvalue weighted by atomic mass is 79.9. The molecule has 0 heterocycles. The molecule has 0 aromatic heterocycles. The van der Waals surface area contributed by atoms with Crippen molar-refractivity contribution < 1.29 is 9.13 Å². The van der Waals surface area contributed by atoms with Gasteiger partial charge in [0.1, 0.15) is 11.6 Å². The normalized spacial score (nSPS) is 14.6. The van der Waals surface area contributed by atoms with Gasteiger partial charge in [-0.25, -0.2) is 4.39 Å². The third-order valence-electron chi connectivity index (χ3n) is 2.89. The van der Waals surface area contributed by atoms with E-state index in [0.29, 0.717) is 16.1 Å². The lowest BCUT2D eigenvalue weighted by Crippen LogP contribution is -2.19. The zero-order valence-corrected chi connectivity index (χ0v) is 11.3. The van der Waals surface area contributed by atoms with Crippen LogP contribution in [0.1, 0.15) is 31.9 Å². The fourth-order valence-electron chi connectivity index (χ4n) is 1.54. The highest BCUT2D eigenvalue weighted by Gasteiger charge is 2.19. The Hall–Kier alpha value is -0.610. The van der Waals surface area contributed by atoms with Gasteiger partial charge in [-0.15, -0.1) is 0 Å². The molecule has 0 radical (unpaired) electrons. The number of nitrogens with two attached hydrogens (primary N) is 1. The van der Waals surface area contributed by atoms with Gasteiger partial charge in [-0.1, -0.05) is 20.3 Å². The van der Waals surface area contributed by atoms with E-state index in [2.05, 4.69) is 29.8 Å². The Bertz CT molecular complexity index is 370. The van der Waals surface area contributed by atoms with Gasteiger partial charge in [0.05, 0.1) is 11.6 Å². The second-order valence-electron chi connectivity index (χ2n) is 3.92. The molecule has 1 aromatic carbocycles. The lowest BCUT2D eigenvalue weighted by molar-refractivity contribution is 0.385. The lowest BCUT2D eigenvalue weighted by atomic mass is 9.93. The molecule has 2 unspecified atom stereocenters. The summed E-state index contributed by atoms with van der Waals surface area (Å²) in [4.78, 5) is 0. The summed E-state index contributed by atoms with van der Waals surface area (Å²) < 4.78 is 18.9. The fourth-order valence-corrected chi connectivity index (χ4v) is 1.90. The first-order valence-corrected chi connectivity index (χ1v) is 6.09. The third-order valence-corrected chi connectivity index (χ3v) is 3.50. The molecule has 16 heavy (non-hydrogen) atoms. The molecule has 1 rings (SSSR count). The first kappa shape index (κ1) is 13.5. The Balaban J connectivity index is 3.16. The Morgan fingerprint density at radius 1 is 1.50 bits per heavy atom. The van der Waals surface area contributed by atoms with E-state index >= 15 is 0 Å². The molecule has 0 saturated carbocycles. The molecule has 2 atom stereocenters. The summed E-state index contributed by atoms with van der Waals surface area (Å²) >= 11 is 3.16. The van der Waals surface area contributed by atoms with Gasteiger partial charge in [0.25, 0.3) is 0 Å². The van der Waals surface area contributed by atoms with Crippen LogP contribution in [-0.4, -0.2) is 7.11 Å². The average Bonchev–Trinajstić information content (AvgIpc) is 2.30. The molecule has 2 N–H and O–H groups in total. The number of rotatable bonds is 4. The Labute approximate surface area is 104 Å². The van der Waals surface area contributed by atoms with Crippen LogP contribution in [-0.2, 0) is 0 Å². The largest absolute Gasteiger partial charge is 0.496 e. The molecule has 2 nitrogen and oxygen atoms in total. The first-order chi connectivity index (χ1) is 7.51. The molecule has 0 aliphatic rings. The van der Waals surface area contributed by atoms with Crippen LogP contribution in [0.4, 0.5) is 4.39 Å². The minimum atomic E-state index is -0.336. The van der Waals surface area contributed by atoms with E-state index < -0.39 is 0 Å². The standard InChI is InChI=1S/C12H17BrFNO/c1-4-7(2)12(15)8-5-9(13)10(14)6-11(8)16-3/h5-7,12H,4,15H2,1-3H3. The molecule has 0 aliphatic heterocycles.